The third-order valence-electron chi connectivity index (χ3n) is 5.45. The van der Waals surface area contributed by atoms with Crippen molar-refractivity contribution in [3.8, 4) is 0 Å². The Kier molecular flexibility index (Phi) is 3.71. The molecular formula is C17H24N4O2. The van der Waals surface area contributed by atoms with Crippen LogP contribution >= 0.6 is 0 Å². The van der Waals surface area contributed by atoms with E-state index in [1.807, 2.05) is 4.90 Å². The molecule has 2 aliphatic heterocycles. The maximum Gasteiger partial charge on any atom is 0.256 e. The lowest BCUT2D eigenvalue weighted by Gasteiger charge is -2.34. The fraction of sp³-hybridized carbons (Fsp3) is 0.706. The maximum atomic E-state index is 13.1. The van der Waals surface area contributed by atoms with E-state index in [1.54, 1.807) is 13.4 Å². The summed E-state index contributed by atoms with van der Waals surface area (Å²) in [6.45, 7) is 3.23. The number of carbonyl (C=O) groups excluding carboxylic acids is 1. The molecule has 2 fully saturated rings. The standard InChI is InChI=1S/C17H24N4O2/c1-19-11-18-14-10-21(9-6-13(14)16(19)22)17(23)15(12-4-5-12)20-7-2-3-8-20/h11-12,15H,2-10H2,1H3/t15-/m0/s1. The number of aryl methyl sites for hydroxylation is 1. The summed E-state index contributed by atoms with van der Waals surface area (Å²) >= 11 is 0. The average Bonchev–Trinajstić information content (AvgIpc) is 3.25. The Labute approximate surface area is 136 Å². The van der Waals surface area contributed by atoms with E-state index in [-0.39, 0.29) is 17.5 Å². The van der Waals surface area contributed by atoms with Gasteiger partial charge < -0.3 is 9.47 Å². The van der Waals surface area contributed by atoms with Gasteiger partial charge in [0.2, 0.25) is 5.91 Å². The van der Waals surface area contributed by atoms with Gasteiger partial charge in [0.15, 0.2) is 0 Å². The lowest BCUT2D eigenvalue weighted by atomic mass is 10.0. The first kappa shape index (κ1) is 14.9. The number of rotatable bonds is 3. The molecule has 0 N–H and O–H groups in total. The highest BCUT2D eigenvalue weighted by Crippen LogP contribution is 2.38. The Morgan fingerprint density at radius 3 is 2.70 bits per heavy atom. The molecule has 1 amide bonds. The van der Waals surface area contributed by atoms with Gasteiger partial charge in [-0.25, -0.2) is 4.98 Å². The summed E-state index contributed by atoms with van der Waals surface area (Å²) in [6, 6.07) is 0.0607. The fourth-order valence-corrected chi connectivity index (χ4v) is 3.98. The average molecular weight is 316 g/mol. The highest BCUT2D eigenvalue weighted by Gasteiger charge is 2.43. The molecule has 1 saturated carbocycles. The monoisotopic (exact) mass is 316 g/mol. The van der Waals surface area contributed by atoms with Gasteiger partial charge in [-0.3, -0.25) is 14.5 Å². The quantitative estimate of drug-likeness (QED) is 0.817. The summed E-state index contributed by atoms with van der Waals surface area (Å²) in [5, 5.41) is 0. The highest BCUT2D eigenvalue weighted by molar-refractivity contribution is 5.83. The summed E-state index contributed by atoms with van der Waals surface area (Å²) in [6.07, 6.45) is 6.95. The lowest BCUT2D eigenvalue weighted by Crippen LogP contribution is -2.51. The molecule has 0 radical (unpaired) electrons. The topological polar surface area (TPSA) is 58.4 Å². The third-order valence-corrected chi connectivity index (χ3v) is 5.45. The van der Waals surface area contributed by atoms with Crippen LogP contribution < -0.4 is 5.56 Å². The molecule has 1 aromatic heterocycles. The number of carbonyl (C=O) groups is 1. The zero-order valence-corrected chi connectivity index (χ0v) is 13.7. The van der Waals surface area contributed by atoms with Crippen LogP contribution in [0.4, 0.5) is 0 Å². The van der Waals surface area contributed by atoms with Gasteiger partial charge in [0.05, 0.1) is 24.6 Å². The second-order valence-corrected chi connectivity index (χ2v) is 7.12. The normalized spacial score (nSPS) is 22.9. The second kappa shape index (κ2) is 5.74. The Hall–Kier alpha value is -1.69. The second-order valence-electron chi connectivity index (χ2n) is 7.12. The number of likely N-dealkylation sites (tertiary alicyclic amines) is 1. The molecule has 6 nitrogen and oxygen atoms in total. The summed E-state index contributed by atoms with van der Waals surface area (Å²) in [4.78, 5) is 34.0. The third kappa shape index (κ3) is 2.69. The molecule has 0 unspecified atom stereocenters. The molecule has 3 aliphatic rings. The van der Waals surface area contributed by atoms with Gasteiger partial charge in [0.25, 0.3) is 5.56 Å². The van der Waals surface area contributed by atoms with Crippen LogP contribution in [0.1, 0.15) is 36.9 Å². The van der Waals surface area contributed by atoms with Crippen LogP contribution in [0.25, 0.3) is 0 Å². The lowest BCUT2D eigenvalue weighted by molar-refractivity contribution is -0.138. The van der Waals surface area contributed by atoms with Crippen molar-refractivity contribution in [3.63, 3.8) is 0 Å². The Balaban J connectivity index is 1.55. The molecular weight excluding hydrogens is 292 g/mol. The van der Waals surface area contributed by atoms with Crippen molar-refractivity contribution in [2.24, 2.45) is 13.0 Å². The number of fused-ring (bicyclic) bond motifs is 1. The number of aromatic nitrogens is 2. The predicted molar refractivity (Wildman–Crippen MR) is 85.9 cm³/mol. The van der Waals surface area contributed by atoms with Crippen molar-refractivity contribution in [1.82, 2.24) is 19.4 Å². The number of amides is 1. The molecule has 0 aromatic carbocycles. The van der Waals surface area contributed by atoms with Gasteiger partial charge in [-0.05, 0) is 51.1 Å². The zero-order valence-electron chi connectivity index (χ0n) is 13.7. The number of hydrogen-bond donors (Lipinski definition) is 0. The van der Waals surface area contributed by atoms with Gasteiger partial charge in [0.1, 0.15) is 0 Å². The molecule has 0 bridgehead atoms. The van der Waals surface area contributed by atoms with E-state index >= 15 is 0 Å². The number of hydrogen-bond acceptors (Lipinski definition) is 4. The van der Waals surface area contributed by atoms with Crippen molar-refractivity contribution in [2.75, 3.05) is 19.6 Å². The first-order valence-electron chi connectivity index (χ1n) is 8.71. The molecule has 6 heteroatoms. The van der Waals surface area contributed by atoms with Crippen LogP contribution in [0.3, 0.4) is 0 Å². The first-order chi connectivity index (χ1) is 11.1. The van der Waals surface area contributed by atoms with Crippen LogP contribution in [-0.2, 0) is 24.8 Å². The summed E-state index contributed by atoms with van der Waals surface area (Å²) in [5.74, 6) is 0.793. The van der Waals surface area contributed by atoms with Crippen molar-refractivity contribution in [1.29, 1.82) is 0 Å². The first-order valence-corrected chi connectivity index (χ1v) is 8.71. The van der Waals surface area contributed by atoms with Crippen molar-refractivity contribution < 1.29 is 4.79 Å². The van der Waals surface area contributed by atoms with Gasteiger partial charge in [-0.2, -0.15) is 0 Å². The minimum atomic E-state index is 0.0281. The van der Waals surface area contributed by atoms with E-state index in [9.17, 15) is 9.59 Å². The molecule has 4 rings (SSSR count). The van der Waals surface area contributed by atoms with Gasteiger partial charge in [-0.1, -0.05) is 0 Å². The predicted octanol–water partition coefficient (Wildman–Crippen LogP) is 0.539. The van der Waals surface area contributed by atoms with E-state index in [4.69, 9.17) is 0 Å². The fourth-order valence-electron chi connectivity index (χ4n) is 3.98. The van der Waals surface area contributed by atoms with Gasteiger partial charge in [0, 0.05) is 19.2 Å². The largest absolute Gasteiger partial charge is 0.335 e. The molecule has 124 valence electrons. The van der Waals surface area contributed by atoms with E-state index < -0.39 is 0 Å². The summed E-state index contributed by atoms with van der Waals surface area (Å²) in [5.41, 5.74) is 1.59. The zero-order chi connectivity index (χ0) is 16.0. The van der Waals surface area contributed by atoms with Crippen LogP contribution in [0.15, 0.2) is 11.1 Å². The van der Waals surface area contributed by atoms with E-state index in [2.05, 4.69) is 9.88 Å². The van der Waals surface area contributed by atoms with Crippen LogP contribution in [0.5, 0.6) is 0 Å². The van der Waals surface area contributed by atoms with Crippen molar-refractivity contribution >= 4 is 5.91 Å². The van der Waals surface area contributed by atoms with E-state index in [1.165, 1.54) is 30.3 Å². The smallest absolute Gasteiger partial charge is 0.256 e. The van der Waals surface area contributed by atoms with Crippen LogP contribution in [0.2, 0.25) is 0 Å². The minimum absolute atomic E-state index is 0.0281. The summed E-state index contributed by atoms with van der Waals surface area (Å²) < 4.78 is 1.52. The SMILES string of the molecule is Cn1cnc2c(c1=O)CCN(C(=O)[C@H](C1CC1)N1CCCC1)C2. The molecule has 0 spiro atoms. The Morgan fingerprint density at radius 2 is 2.00 bits per heavy atom. The maximum absolute atomic E-state index is 13.1. The molecule has 23 heavy (non-hydrogen) atoms. The van der Waals surface area contributed by atoms with Crippen LogP contribution in [-0.4, -0.2) is 50.9 Å². The Bertz CT molecular complexity index is 674. The summed E-state index contributed by atoms with van der Waals surface area (Å²) in [7, 11) is 1.73. The van der Waals surface area contributed by atoms with Crippen LogP contribution in [0, 0.1) is 5.92 Å². The minimum Gasteiger partial charge on any atom is -0.335 e. The van der Waals surface area contributed by atoms with E-state index in [0.717, 1.165) is 24.3 Å². The van der Waals surface area contributed by atoms with Crippen molar-refractivity contribution in [2.45, 2.75) is 44.7 Å². The molecule has 1 saturated heterocycles. The highest BCUT2D eigenvalue weighted by atomic mass is 16.2. The molecule has 3 heterocycles. The molecule has 1 aliphatic carbocycles. The molecule has 1 aromatic rings. The Morgan fingerprint density at radius 1 is 1.26 bits per heavy atom. The molecule has 1 atom stereocenters. The van der Waals surface area contributed by atoms with E-state index in [0.29, 0.717) is 25.4 Å². The van der Waals surface area contributed by atoms with Gasteiger partial charge in [-0.15, -0.1) is 0 Å². The van der Waals surface area contributed by atoms with Gasteiger partial charge >= 0.3 is 0 Å². The van der Waals surface area contributed by atoms with Crippen molar-refractivity contribution in [3.05, 3.63) is 27.9 Å². The number of nitrogens with zero attached hydrogens (tertiary/aromatic N) is 4.